The third-order valence-electron chi connectivity index (χ3n) is 3.42. The molecule has 1 aromatic carbocycles. The van der Waals surface area contributed by atoms with Gasteiger partial charge in [-0.05, 0) is 37.6 Å². The Morgan fingerprint density at radius 3 is 2.55 bits per heavy atom. The minimum absolute atomic E-state index is 0.214. The fraction of sp³-hybridized carbons (Fsp3) is 0.278. The van der Waals surface area contributed by atoms with Crippen LogP contribution in [-0.2, 0) is 16.0 Å². The summed E-state index contributed by atoms with van der Waals surface area (Å²) in [5.74, 6) is -0.963. The molecule has 0 fully saturated rings. The predicted octanol–water partition coefficient (Wildman–Crippen LogP) is 3.27. The Hall–Kier alpha value is -2.33. The summed E-state index contributed by atoms with van der Waals surface area (Å²) in [4.78, 5) is 11.5. The molecule has 0 aliphatic heterocycles. The third kappa shape index (κ3) is 3.86. The van der Waals surface area contributed by atoms with Gasteiger partial charge in [-0.15, -0.1) is 0 Å². The Balaban J connectivity index is 2.34. The maximum atomic E-state index is 11.5. The van der Waals surface area contributed by atoms with Gasteiger partial charge in [0.05, 0.1) is 6.61 Å². The Bertz CT molecular complexity index is 678. The van der Waals surface area contributed by atoms with Crippen molar-refractivity contribution in [1.29, 1.82) is 0 Å². The van der Waals surface area contributed by atoms with Crippen LogP contribution in [0.3, 0.4) is 0 Å². The molecule has 22 heavy (non-hydrogen) atoms. The number of nitrogens with zero attached hydrogens (tertiary/aromatic N) is 1. The highest BCUT2D eigenvalue weighted by Gasteiger charge is 2.13. The van der Waals surface area contributed by atoms with Gasteiger partial charge in [0.2, 0.25) is 0 Å². The highest BCUT2D eigenvalue weighted by Crippen LogP contribution is 2.18. The summed E-state index contributed by atoms with van der Waals surface area (Å²) in [5, 5.41) is 9.41. The summed E-state index contributed by atoms with van der Waals surface area (Å²) in [6.45, 7) is 4.40. The molecule has 0 atom stereocenters. The lowest BCUT2D eigenvalue weighted by atomic mass is 10.0. The van der Waals surface area contributed by atoms with Crippen LogP contribution >= 0.6 is 0 Å². The van der Waals surface area contributed by atoms with Crippen LogP contribution in [0.1, 0.15) is 22.4 Å². The van der Waals surface area contributed by atoms with E-state index in [4.69, 9.17) is 4.74 Å². The van der Waals surface area contributed by atoms with Gasteiger partial charge in [0.15, 0.2) is 0 Å². The van der Waals surface area contributed by atoms with Gasteiger partial charge in [0, 0.05) is 25.4 Å². The highest BCUT2D eigenvalue weighted by atomic mass is 16.5. The first-order chi connectivity index (χ1) is 10.5. The zero-order valence-electron chi connectivity index (χ0n) is 13.2. The van der Waals surface area contributed by atoms with Crippen LogP contribution in [-0.4, -0.2) is 29.4 Å². The summed E-state index contributed by atoms with van der Waals surface area (Å²) < 4.78 is 6.66. The standard InChI is InChI=1S/C18H21NO3/c1-13-9-14(2)11-15(10-13)12-16-5-4-7-19(16)17(18(20)21)6-8-22-3/h4-7,9-11H,8,12H2,1-3H3,(H,20,21)/b17-6+. The van der Waals surface area contributed by atoms with Gasteiger partial charge in [-0.3, -0.25) is 0 Å². The molecule has 2 rings (SSSR count). The predicted molar refractivity (Wildman–Crippen MR) is 86.9 cm³/mol. The number of ether oxygens (including phenoxy) is 1. The molecule has 0 saturated carbocycles. The Labute approximate surface area is 130 Å². The Kier molecular flexibility index (Phi) is 5.17. The Morgan fingerprint density at radius 1 is 1.27 bits per heavy atom. The maximum absolute atomic E-state index is 11.5. The van der Waals surface area contributed by atoms with Crippen molar-refractivity contribution in [3.8, 4) is 0 Å². The summed E-state index contributed by atoms with van der Waals surface area (Å²) >= 11 is 0. The van der Waals surface area contributed by atoms with Crippen molar-refractivity contribution in [2.24, 2.45) is 0 Å². The van der Waals surface area contributed by atoms with Crippen molar-refractivity contribution < 1.29 is 14.6 Å². The van der Waals surface area contributed by atoms with Crippen LogP contribution in [0.15, 0.2) is 42.6 Å². The average Bonchev–Trinajstić information content (AvgIpc) is 2.86. The largest absolute Gasteiger partial charge is 0.477 e. The molecule has 4 nitrogen and oxygen atoms in total. The SMILES string of the molecule is COC/C=C(\C(=O)O)n1cccc1Cc1cc(C)cc(C)c1. The molecule has 0 aliphatic carbocycles. The lowest BCUT2D eigenvalue weighted by Crippen LogP contribution is -2.11. The second-order valence-electron chi connectivity index (χ2n) is 5.39. The minimum Gasteiger partial charge on any atom is -0.477 e. The van der Waals surface area contributed by atoms with Crippen LogP contribution in [0.25, 0.3) is 5.70 Å². The number of carboxylic acid groups (broad SMARTS) is 1. The van der Waals surface area contributed by atoms with E-state index in [1.807, 2.05) is 12.1 Å². The van der Waals surface area contributed by atoms with Crippen molar-refractivity contribution >= 4 is 11.7 Å². The van der Waals surface area contributed by atoms with Crippen molar-refractivity contribution in [2.75, 3.05) is 13.7 Å². The van der Waals surface area contributed by atoms with Gasteiger partial charge in [0.25, 0.3) is 0 Å². The minimum atomic E-state index is -0.963. The van der Waals surface area contributed by atoms with Gasteiger partial charge < -0.3 is 14.4 Å². The average molecular weight is 299 g/mol. The number of aromatic nitrogens is 1. The lowest BCUT2D eigenvalue weighted by Gasteiger charge is -2.11. The molecule has 0 bridgehead atoms. The second-order valence-corrected chi connectivity index (χ2v) is 5.39. The Morgan fingerprint density at radius 2 is 1.95 bits per heavy atom. The second kappa shape index (κ2) is 7.09. The molecule has 1 N–H and O–H groups in total. The fourth-order valence-electron chi connectivity index (χ4n) is 2.63. The van der Waals surface area contributed by atoms with Crippen molar-refractivity contribution in [1.82, 2.24) is 4.57 Å². The quantitative estimate of drug-likeness (QED) is 0.833. The van der Waals surface area contributed by atoms with E-state index in [0.29, 0.717) is 6.42 Å². The zero-order chi connectivity index (χ0) is 16.1. The van der Waals surface area contributed by atoms with E-state index in [0.717, 1.165) is 5.69 Å². The lowest BCUT2D eigenvalue weighted by molar-refractivity contribution is -0.130. The third-order valence-corrected chi connectivity index (χ3v) is 3.42. The first-order valence-electron chi connectivity index (χ1n) is 7.17. The van der Waals surface area contributed by atoms with E-state index in [2.05, 4.69) is 32.0 Å². The van der Waals surface area contributed by atoms with Crippen molar-refractivity contribution in [3.05, 3.63) is 65.0 Å². The van der Waals surface area contributed by atoms with Crippen molar-refractivity contribution in [2.45, 2.75) is 20.3 Å². The van der Waals surface area contributed by atoms with Gasteiger partial charge in [-0.25, -0.2) is 4.79 Å². The number of aryl methyl sites for hydroxylation is 2. The van der Waals surface area contributed by atoms with E-state index >= 15 is 0 Å². The molecule has 1 aromatic heterocycles. The molecule has 0 radical (unpaired) electrons. The number of methoxy groups -OCH3 is 1. The highest BCUT2D eigenvalue weighted by molar-refractivity contribution is 6.08. The van der Waals surface area contributed by atoms with E-state index in [-0.39, 0.29) is 12.3 Å². The van der Waals surface area contributed by atoms with E-state index in [1.54, 1.807) is 23.9 Å². The van der Waals surface area contributed by atoms with Crippen molar-refractivity contribution in [3.63, 3.8) is 0 Å². The molecular formula is C18H21NO3. The molecule has 0 unspecified atom stereocenters. The molecule has 1 heterocycles. The number of carboxylic acids is 1. The number of hydrogen-bond acceptors (Lipinski definition) is 2. The van der Waals surface area contributed by atoms with Crippen LogP contribution in [0.4, 0.5) is 0 Å². The van der Waals surface area contributed by atoms with Crippen LogP contribution < -0.4 is 0 Å². The normalized spacial score (nSPS) is 11.7. The van der Waals surface area contributed by atoms with Gasteiger partial charge >= 0.3 is 5.97 Å². The molecule has 0 aliphatic rings. The molecule has 0 amide bonds. The van der Waals surface area contributed by atoms with E-state index < -0.39 is 5.97 Å². The van der Waals surface area contributed by atoms with Gasteiger partial charge in [-0.1, -0.05) is 29.3 Å². The first-order valence-corrected chi connectivity index (χ1v) is 7.17. The van der Waals surface area contributed by atoms with Crippen LogP contribution in [0.5, 0.6) is 0 Å². The molecule has 116 valence electrons. The number of hydrogen-bond donors (Lipinski definition) is 1. The van der Waals surface area contributed by atoms with Crippen LogP contribution in [0.2, 0.25) is 0 Å². The summed E-state index contributed by atoms with van der Waals surface area (Å²) in [7, 11) is 1.54. The number of aliphatic carboxylic acids is 1. The van der Waals surface area contributed by atoms with E-state index in [1.165, 1.54) is 16.7 Å². The summed E-state index contributed by atoms with van der Waals surface area (Å²) in [6.07, 6.45) is 4.04. The number of carbonyl (C=O) groups is 1. The van der Waals surface area contributed by atoms with Gasteiger partial charge in [0.1, 0.15) is 5.70 Å². The zero-order valence-corrected chi connectivity index (χ0v) is 13.2. The fourth-order valence-corrected chi connectivity index (χ4v) is 2.63. The molecule has 0 saturated heterocycles. The monoisotopic (exact) mass is 299 g/mol. The molecular weight excluding hydrogens is 278 g/mol. The first kappa shape index (κ1) is 16.0. The maximum Gasteiger partial charge on any atom is 0.352 e. The topological polar surface area (TPSA) is 51.5 Å². The van der Waals surface area contributed by atoms with Crippen LogP contribution in [0, 0.1) is 13.8 Å². The molecule has 2 aromatic rings. The van der Waals surface area contributed by atoms with E-state index in [9.17, 15) is 9.90 Å². The summed E-state index contributed by atoms with van der Waals surface area (Å²) in [5.41, 5.74) is 4.75. The van der Waals surface area contributed by atoms with Gasteiger partial charge in [-0.2, -0.15) is 0 Å². The summed E-state index contributed by atoms with van der Waals surface area (Å²) in [6, 6.07) is 10.2. The number of benzene rings is 1. The smallest absolute Gasteiger partial charge is 0.352 e. The molecule has 4 heteroatoms. The number of rotatable bonds is 6. The molecule has 0 spiro atoms.